The van der Waals surface area contributed by atoms with E-state index in [2.05, 4.69) is 0 Å². The molecule has 0 aliphatic heterocycles. The molecule has 2 nitrogen and oxygen atoms in total. The van der Waals surface area contributed by atoms with Crippen LogP contribution >= 0.6 is 11.8 Å². The molecule has 0 aliphatic carbocycles. The quantitative estimate of drug-likeness (QED) is 0.759. The molecule has 1 N–H and O–H groups in total. The summed E-state index contributed by atoms with van der Waals surface area (Å²) in [7, 11) is 0. The first-order valence-electron chi connectivity index (χ1n) is 4.66. The molecule has 0 saturated heterocycles. The number of hydrogen-bond acceptors (Lipinski definition) is 2. The predicted molar refractivity (Wildman–Crippen MR) is 58.6 cm³/mol. The van der Waals surface area contributed by atoms with Gasteiger partial charge in [0.1, 0.15) is 0 Å². The third-order valence-corrected chi connectivity index (χ3v) is 3.28. The van der Waals surface area contributed by atoms with E-state index in [1.165, 1.54) is 0 Å². The minimum absolute atomic E-state index is 0.176. The summed E-state index contributed by atoms with van der Waals surface area (Å²) in [6, 6.07) is 9.91. The third kappa shape index (κ3) is 3.83. The summed E-state index contributed by atoms with van der Waals surface area (Å²) in [6.45, 7) is 2.02. The van der Waals surface area contributed by atoms with E-state index < -0.39 is 5.97 Å². The molecule has 0 heterocycles. The van der Waals surface area contributed by atoms with E-state index in [1.807, 2.05) is 37.3 Å². The van der Waals surface area contributed by atoms with Crippen LogP contribution in [0.5, 0.6) is 0 Å². The molecular weight excluding hydrogens is 196 g/mol. The van der Waals surface area contributed by atoms with Crippen LogP contribution in [0.1, 0.15) is 19.8 Å². The summed E-state index contributed by atoms with van der Waals surface area (Å²) in [5.74, 6) is -0.722. The maximum absolute atomic E-state index is 10.5. The van der Waals surface area contributed by atoms with Crippen LogP contribution in [0.25, 0.3) is 0 Å². The van der Waals surface area contributed by atoms with Crippen molar-refractivity contribution in [1.29, 1.82) is 0 Å². The summed E-state index contributed by atoms with van der Waals surface area (Å²) in [5, 5.41) is 8.86. The number of thioether (sulfide) groups is 1. The van der Waals surface area contributed by atoms with Gasteiger partial charge in [-0.2, -0.15) is 0 Å². The molecule has 0 amide bonds. The molecule has 14 heavy (non-hydrogen) atoms. The topological polar surface area (TPSA) is 37.3 Å². The van der Waals surface area contributed by atoms with Crippen molar-refractivity contribution < 1.29 is 9.90 Å². The zero-order valence-corrected chi connectivity index (χ0v) is 8.96. The van der Waals surface area contributed by atoms with Gasteiger partial charge in [-0.15, -0.1) is 11.8 Å². The molecule has 1 atom stereocenters. The smallest absolute Gasteiger partial charge is 0.304 e. The molecule has 1 aromatic rings. The van der Waals surface area contributed by atoms with Crippen LogP contribution in [0, 0.1) is 0 Å². The van der Waals surface area contributed by atoms with Gasteiger partial charge in [0, 0.05) is 10.1 Å². The lowest BCUT2D eigenvalue weighted by Gasteiger charge is -2.11. The summed E-state index contributed by atoms with van der Waals surface area (Å²) in [6.07, 6.45) is 1.11. The lowest BCUT2D eigenvalue weighted by molar-refractivity contribution is -0.136. The monoisotopic (exact) mass is 210 g/mol. The van der Waals surface area contributed by atoms with Crippen LogP contribution < -0.4 is 0 Å². The standard InChI is InChI=1S/C11H14O2S/c1-2-9(8-11(12)13)14-10-6-4-3-5-7-10/h3-7,9H,2,8H2,1H3,(H,12,13). The Hall–Kier alpha value is -0.960. The van der Waals surface area contributed by atoms with E-state index in [-0.39, 0.29) is 11.7 Å². The fourth-order valence-corrected chi connectivity index (χ4v) is 2.25. The molecule has 1 aromatic carbocycles. The van der Waals surface area contributed by atoms with Crippen LogP contribution in [-0.4, -0.2) is 16.3 Å². The Kier molecular flexibility index (Phi) is 4.53. The summed E-state index contributed by atoms with van der Waals surface area (Å²) < 4.78 is 0. The van der Waals surface area contributed by atoms with Gasteiger partial charge in [0.05, 0.1) is 6.42 Å². The SMILES string of the molecule is CCC(CC(=O)O)Sc1ccccc1. The summed E-state index contributed by atoms with van der Waals surface area (Å²) in [5.41, 5.74) is 0. The van der Waals surface area contributed by atoms with Crippen LogP contribution in [0.2, 0.25) is 0 Å². The van der Waals surface area contributed by atoms with Crippen molar-refractivity contribution >= 4 is 17.7 Å². The van der Waals surface area contributed by atoms with Gasteiger partial charge in [-0.25, -0.2) is 0 Å². The Balaban J connectivity index is 2.53. The molecule has 0 aromatic heterocycles. The summed E-state index contributed by atoms with van der Waals surface area (Å²) in [4.78, 5) is 11.7. The first-order chi connectivity index (χ1) is 6.72. The molecule has 0 radical (unpaired) electrons. The second kappa shape index (κ2) is 5.70. The first-order valence-corrected chi connectivity index (χ1v) is 5.54. The maximum atomic E-state index is 10.5. The van der Waals surface area contributed by atoms with Crippen LogP contribution in [0.4, 0.5) is 0 Å². The maximum Gasteiger partial charge on any atom is 0.304 e. The van der Waals surface area contributed by atoms with Crippen molar-refractivity contribution in [2.24, 2.45) is 0 Å². The van der Waals surface area contributed by atoms with E-state index in [1.54, 1.807) is 11.8 Å². The van der Waals surface area contributed by atoms with Crippen LogP contribution in [0.15, 0.2) is 35.2 Å². The molecule has 0 spiro atoms. The molecule has 1 rings (SSSR count). The van der Waals surface area contributed by atoms with Gasteiger partial charge in [0.2, 0.25) is 0 Å². The minimum Gasteiger partial charge on any atom is -0.481 e. The zero-order chi connectivity index (χ0) is 10.4. The summed E-state index contributed by atoms with van der Waals surface area (Å²) >= 11 is 1.64. The van der Waals surface area contributed by atoms with E-state index in [9.17, 15) is 4.79 Å². The van der Waals surface area contributed by atoms with E-state index in [0.29, 0.717) is 0 Å². The van der Waals surface area contributed by atoms with Gasteiger partial charge in [-0.1, -0.05) is 25.1 Å². The number of carboxylic acid groups (broad SMARTS) is 1. The van der Waals surface area contributed by atoms with E-state index >= 15 is 0 Å². The Morgan fingerprint density at radius 1 is 1.43 bits per heavy atom. The number of rotatable bonds is 5. The normalized spacial score (nSPS) is 12.4. The average Bonchev–Trinajstić information content (AvgIpc) is 2.17. The Morgan fingerprint density at radius 3 is 2.57 bits per heavy atom. The number of carbonyl (C=O) groups is 1. The van der Waals surface area contributed by atoms with Gasteiger partial charge in [0.25, 0.3) is 0 Å². The molecule has 0 aliphatic rings. The molecule has 3 heteroatoms. The highest BCUT2D eigenvalue weighted by atomic mass is 32.2. The van der Waals surface area contributed by atoms with Crippen molar-refractivity contribution in [2.45, 2.75) is 29.9 Å². The number of hydrogen-bond donors (Lipinski definition) is 1. The van der Waals surface area contributed by atoms with Gasteiger partial charge in [-0.3, -0.25) is 4.79 Å². The predicted octanol–water partition coefficient (Wildman–Crippen LogP) is 3.03. The second-order valence-electron chi connectivity index (χ2n) is 3.06. The average molecular weight is 210 g/mol. The molecule has 0 saturated carbocycles. The fraction of sp³-hybridized carbons (Fsp3) is 0.364. The lowest BCUT2D eigenvalue weighted by atomic mass is 10.2. The van der Waals surface area contributed by atoms with Gasteiger partial charge in [-0.05, 0) is 18.6 Å². The number of aliphatic carboxylic acids is 1. The third-order valence-electron chi connectivity index (χ3n) is 1.90. The van der Waals surface area contributed by atoms with Crippen molar-refractivity contribution in [1.82, 2.24) is 0 Å². The molecule has 76 valence electrons. The van der Waals surface area contributed by atoms with Gasteiger partial charge >= 0.3 is 5.97 Å². The van der Waals surface area contributed by atoms with Crippen molar-refractivity contribution in [3.63, 3.8) is 0 Å². The molecule has 1 unspecified atom stereocenters. The van der Waals surface area contributed by atoms with E-state index in [0.717, 1.165) is 11.3 Å². The zero-order valence-electron chi connectivity index (χ0n) is 8.14. The van der Waals surface area contributed by atoms with Crippen molar-refractivity contribution in [3.8, 4) is 0 Å². The van der Waals surface area contributed by atoms with E-state index in [4.69, 9.17) is 5.11 Å². The second-order valence-corrected chi connectivity index (χ2v) is 4.43. The lowest BCUT2D eigenvalue weighted by Crippen LogP contribution is -2.08. The van der Waals surface area contributed by atoms with Crippen molar-refractivity contribution in [2.75, 3.05) is 0 Å². The Morgan fingerprint density at radius 2 is 2.07 bits per heavy atom. The highest BCUT2D eigenvalue weighted by Gasteiger charge is 2.11. The minimum atomic E-state index is -0.722. The Bertz CT molecular complexity index is 285. The molecular formula is C11H14O2S. The number of benzene rings is 1. The van der Waals surface area contributed by atoms with Crippen LogP contribution in [0.3, 0.4) is 0 Å². The van der Waals surface area contributed by atoms with Gasteiger partial charge in [0.15, 0.2) is 0 Å². The van der Waals surface area contributed by atoms with Crippen molar-refractivity contribution in [3.05, 3.63) is 30.3 Å². The highest BCUT2D eigenvalue weighted by Crippen LogP contribution is 2.26. The first kappa shape index (κ1) is 11.1. The highest BCUT2D eigenvalue weighted by molar-refractivity contribution is 8.00. The Labute approximate surface area is 88.3 Å². The number of carboxylic acids is 1. The van der Waals surface area contributed by atoms with Gasteiger partial charge < -0.3 is 5.11 Å². The fourth-order valence-electron chi connectivity index (χ4n) is 1.16. The molecule has 0 fully saturated rings. The largest absolute Gasteiger partial charge is 0.481 e. The van der Waals surface area contributed by atoms with Crippen LogP contribution in [-0.2, 0) is 4.79 Å². The molecule has 0 bridgehead atoms.